The van der Waals surface area contributed by atoms with Crippen molar-refractivity contribution in [1.82, 2.24) is 0 Å². The normalized spacial score (nSPS) is 12.1. The lowest BCUT2D eigenvalue weighted by Crippen LogP contribution is -1.95. The number of halogens is 1. The molecule has 0 unspecified atom stereocenters. The highest BCUT2D eigenvalue weighted by Gasteiger charge is 1.88. The van der Waals surface area contributed by atoms with Gasteiger partial charge in [-0.25, -0.2) is 4.99 Å². The van der Waals surface area contributed by atoms with E-state index in [9.17, 15) is 0 Å². The Hall–Kier alpha value is -0.390. The first-order chi connectivity index (χ1) is 3.72. The van der Waals surface area contributed by atoms with E-state index in [0.717, 1.165) is 6.21 Å². The number of nitrogens with two attached hydrogens (primary N) is 1. The predicted octanol–water partition coefficient (Wildman–Crippen LogP) is 0.899. The standard InChI is InChI=1S/C4H6IN3/c1-8-4(7)3(5)2-6/h2,6H,1,7H2/b4-3-,6-2?. The van der Waals surface area contributed by atoms with Gasteiger partial charge in [0.25, 0.3) is 0 Å². The zero-order valence-corrected chi connectivity index (χ0v) is 6.34. The van der Waals surface area contributed by atoms with Crippen molar-refractivity contribution in [3.05, 3.63) is 9.40 Å². The number of allylic oxidation sites excluding steroid dienone is 1. The largest absolute Gasteiger partial charge is 0.383 e. The molecule has 0 bridgehead atoms. The molecule has 0 heterocycles. The second-order valence-electron chi connectivity index (χ2n) is 1.04. The first kappa shape index (κ1) is 7.61. The summed E-state index contributed by atoms with van der Waals surface area (Å²) < 4.78 is 0.609. The summed E-state index contributed by atoms with van der Waals surface area (Å²) in [6.07, 6.45) is 1.13. The van der Waals surface area contributed by atoms with Crippen LogP contribution in [0.3, 0.4) is 0 Å². The van der Waals surface area contributed by atoms with Gasteiger partial charge in [0.1, 0.15) is 5.82 Å². The molecule has 3 nitrogen and oxygen atoms in total. The topological polar surface area (TPSA) is 62.2 Å². The van der Waals surface area contributed by atoms with E-state index in [1.54, 1.807) is 0 Å². The zero-order chi connectivity index (χ0) is 6.57. The fourth-order valence-corrected chi connectivity index (χ4v) is 0.320. The van der Waals surface area contributed by atoms with E-state index in [2.05, 4.69) is 11.7 Å². The van der Waals surface area contributed by atoms with Gasteiger partial charge in [-0.05, 0) is 29.3 Å². The monoisotopic (exact) mass is 223 g/mol. The molecule has 0 saturated carbocycles. The molecular formula is C4H6IN3. The maximum absolute atomic E-state index is 6.68. The van der Waals surface area contributed by atoms with E-state index >= 15 is 0 Å². The fraction of sp³-hybridized carbons (Fsp3) is 0. The Balaban J connectivity index is 4.25. The molecule has 0 amide bonds. The van der Waals surface area contributed by atoms with E-state index in [4.69, 9.17) is 11.1 Å². The quantitative estimate of drug-likeness (QED) is 0.530. The van der Waals surface area contributed by atoms with Crippen LogP contribution in [-0.2, 0) is 0 Å². The van der Waals surface area contributed by atoms with Gasteiger partial charge in [-0.2, -0.15) is 0 Å². The Morgan fingerprint density at radius 2 is 2.38 bits per heavy atom. The zero-order valence-electron chi connectivity index (χ0n) is 4.19. The molecule has 4 heteroatoms. The third-order valence-electron chi connectivity index (χ3n) is 0.542. The van der Waals surface area contributed by atoms with Gasteiger partial charge in [0, 0.05) is 6.21 Å². The molecule has 44 valence electrons. The number of rotatable bonds is 2. The van der Waals surface area contributed by atoms with Gasteiger partial charge in [-0.1, -0.05) is 0 Å². The van der Waals surface area contributed by atoms with Gasteiger partial charge in [-0.3, -0.25) is 0 Å². The van der Waals surface area contributed by atoms with Crippen molar-refractivity contribution in [1.29, 1.82) is 5.41 Å². The van der Waals surface area contributed by atoms with Crippen molar-refractivity contribution in [2.45, 2.75) is 0 Å². The molecule has 0 radical (unpaired) electrons. The van der Waals surface area contributed by atoms with Crippen molar-refractivity contribution < 1.29 is 0 Å². The maximum Gasteiger partial charge on any atom is 0.137 e. The van der Waals surface area contributed by atoms with Crippen LogP contribution < -0.4 is 5.73 Å². The number of nitrogens with zero attached hydrogens (tertiary/aromatic N) is 1. The molecule has 0 saturated heterocycles. The van der Waals surface area contributed by atoms with E-state index in [-0.39, 0.29) is 0 Å². The second kappa shape index (κ2) is 3.59. The minimum atomic E-state index is 0.306. The number of hydrogen-bond acceptors (Lipinski definition) is 3. The Morgan fingerprint density at radius 1 is 1.88 bits per heavy atom. The van der Waals surface area contributed by atoms with Gasteiger partial charge >= 0.3 is 0 Å². The summed E-state index contributed by atoms with van der Waals surface area (Å²) in [6.45, 7) is 3.19. The summed E-state index contributed by atoms with van der Waals surface area (Å²) in [5.41, 5.74) is 5.22. The van der Waals surface area contributed by atoms with Gasteiger partial charge in [0.2, 0.25) is 0 Å². The molecule has 0 aliphatic carbocycles. The average molecular weight is 223 g/mol. The first-order valence-corrected chi connectivity index (χ1v) is 2.92. The molecule has 0 spiro atoms. The van der Waals surface area contributed by atoms with Crippen LogP contribution in [0.4, 0.5) is 0 Å². The maximum atomic E-state index is 6.68. The molecular weight excluding hydrogens is 217 g/mol. The highest BCUT2D eigenvalue weighted by atomic mass is 127. The van der Waals surface area contributed by atoms with Crippen LogP contribution in [0.2, 0.25) is 0 Å². The lowest BCUT2D eigenvalue weighted by atomic mass is 10.6. The number of aliphatic imine (C=N–C) groups is 1. The third kappa shape index (κ3) is 2.06. The highest BCUT2D eigenvalue weighted by molar-refractivity contribution is 14.1. The van der Waals surface area contributed by atoms with Crippen molar-refractivity contribution in [2.75, 3.05) is 0 Å². The van der Waals surface area contributed by atoms with Gasteiger partial charge in [0.05, 0.1) is 3.58 Å². The molecule has 3 N–H and O–H groups in total. The Labute approximate surface area is 61.3 Å². The molecule has 0 atom stereocenters. The highest BCUT2D eigenvalue weighted by Crippen LogP contribution is 2.04. The molecule has 0 rings (SSSR count). The van der Waals surface area contributed by atoms with Gasteiger partial charge < -0.3 is 11.1 Å². The Kier molecular flexibility index (Phi) is 3.42. The van der Waals surface area contributed by atoms with Crippen LogP contribution in [0.5, 0.6) is 0 Å². The van der Waals surface area contributed by atoms with Crippen LogP contribution in [0.25, 0.3) is 0 Å². The molecule has 0 aliphatic rings. The molecule has 0 aromatic carbocycles. The van der Waals surface area contributed by atoms with Gasteiger partial charge in [-0.15, -0.1) is 0 Å². The first-order valence-electron chi connectivity index (χ1n) is 1.84. The van der Waals surface area contributed by atoms with E-state index in [1.807, 2.05) is 22.6 Å². The third-order valence-corrected chi connectivity index (χ3v) is 1.41. The molecule has 0 aliphatic heterocycles. The predicted molar refractivity (Wildman–Crippen MR) is 43.6 cm³/mol. The van der Waals surface area contributed by atoms with E-state index in [1.165, 1.54) is 0 Å². The lowest BCUT2D eigenvalue weighted by molar-refractivity contribution is 1.26. The summed E-state index contributed by atoms with van der Waals surface area (Å²) in [5, 5.41) is 6.68. The summed E-state index contributed by atoms with van der Waals surface area (Å²) in [7, 11) is 0. The van der Waals surface area contributed by atoms with Gasteiger partial charge in [0.15, 0.2) is 0 Å². The van der Waals surface area contributed by atoms with E-state index in [0.29, 0.717) is 9.40 Å². The Bertz CT molecular complexity index is 122. The minimum Gasteiger partial charge on any atom is -0.383 e. The van der Waals surface area contributed by atoms with Crippen LogP contribution in [-0.4, -0.2) is 12.9 Å². The SMILES string of the molecule is C=N/C(N)=C(\I)C=N. The number of hydrogen-bond donors (Lipinski definition) is 2. The number of nitrogens with one attached hydrogen (secondary N) is 1. The molecule has 0 fully saturated rings. The lowest BCUT2D eigenvalue weighted by Gasteiger charge is -1.88. The molecule has 0 aromatic rings. The van der Waals surface area contributed by atoms with Crippen molar-refractivity contribution in [2.24, 2.45) is 10.7 Å². The van der Waals surface area contributed by atoms with Crippen molar-refractivity contribution in [3.8, 4) is 0 Å². The van der Waals surface area contributed by atoms with Crippen molar-refractivity contribution >= 4 is 35.5 Å². The Morgan fingerprint density at radius 3 is 2.50 bits per heavy atom. The summed E-state index contributed by atoms with van der Waals surface area (Å²) in [5.74, 6) is 0.306. The minimum absolute atomic E-state index is 0.306. The smallest absolute Gasteiger partial charge is 0.137 e. The van der Waals surface area contributed by atoms with Crippen molar-refractivity contribution in [3.63, 3.8) is 0 Å². The van der Waals surface area contributed by atoms with Crippen LogP contribution >= 0.6 is 22.6 Å². The summed E-state index contributed by atoms with van der Waals surface area (Å²) in [6, 6.07) is 0. The molecule has 0 aromatic heterocycles. The summed E-state index contributed by atoms with van der Waals surface area (Å²) in [4.78, 5) is 3.41. The van der Waals surface area contributed by atoms with E-state index < -0.39 is 0 Å². The molecule has 8 heavy (non-hydrogen) atoms. The fourth-order valence-electron chi connectivity index (χ4n) is 0.149. The van der Waals surface area contributed by atoms with Crippen LogP contribution in [0.1, 0.15) is 0 Å². The second-order valence-corrected chi connectivity index (χ2v) is 2.20. The van der Waals surface area contributed by atoms with Crippen LogP contribution in [0, 0.1) is 5.41 Å². The van der Waals surface area contributed by atoms with Crippen LogP contribution in [0.15, 0.2) is 14.4 Å². The average Bonchev–Trinajstić information content (AvgIpc) is 1.84. The summed E-state index contributed by atoms with van der Waals surface area (Å²) >= 11 is 1.91.